The second-order valence-electron chi connectivity index (χ2n) is 22.7. The molecule has 6 bridgehead atoms. The monoisotopic (exact) mass is 856 g/mol. The van der Waals surface area contributed by atoms with E-state index < -0.39 is 0 Å². The summed E-state index contributed by atoms with van der Waals surface area (Å²) in [5.41, 5.74) is 24.7. The highest BCUT2D eigenvalue weighted by Gasteiger charge is 2.44. The summed E-state index contributed by atoms with van der Waals surface area (Å²) in [7, 11) is 0. The van der Waals surface area contributed by atoms with E-state index in [2.05, 4.69) is 256 Å². The molecule has 12 rings (SSSR count). The third-order valence-corrected chi connectivity index (χ3v) is 14.9. The van der Waals surface area contributed by atoms with Crippen molar-refractivity contribution in [1.29, 1.82) is 0 Å². The van der Waals surface area contributed by atoms with Crippen molar-refractivity contribution in [3.63, 3.8) is 0 Å². The van der Waals surface area contributed by atoms with Crippen LogP contribution in [0.25, 0.3) is 33.4 Å². The second kappa shape index (κ2) is 14.7. The zero-order chi connectivity index (χ0) is 46.1. The van der Waals surface area contributed by atoms with E-state index in [4.69, 9.17) is 0 Å². The van der Waals surface area contributed by atoms with Crippen molar-refractivity contribution >= 4 is 57.2 Å². The fourth-order valence-electron chi connectivity index (χ4n) is 10.9. The Morgan fingerprint density at radius 1 is 0.379 bits per heavy atom. The van der Waals surface area contributed by atoms with Crippen molar-refractivity contribution in [3.05, 3.63) is 198 Å². The average Bonchev–Trinajstić information content (AvgIpc) is 3.30. The van der Waals surface area contributed by atoms with Crippen LogP contribution in [0.15, 0.2) is 170 Å². The van der Waals surface area contributed by atoms with Gasteiger partial charge in [-0.2, -0.15) is 0 Å². The first-order valence-corrected chi connectivity index (χ1v) is 24.0. The SMILES string of the molecule is CC(C)(C)c1cc(N2c3ccccc3B3c4ccccc4N4c5cc(C(C)(C)C)cc(c5)C(C)(C)c5ccc(cc5)-c5cccc(-c6ccccc6)c5-c5cc2c3c4c5)cc(C(C)(C)C)c1. The van der Waals surface area contributed by atoms with Crippen LogP contribution in [0, 0.1) is 0 Å². The minimum Gasteiger partial charge on any atom is -0.311 e. The number of hydrogen-bond donors (Lipinski definition) is 0. The molecule has 0 radical (unpaired) electrons. The molecule has 8 aromatic rings. The molecule has 0 aromatic heterocycles. The van der Waals surface area contributed by atoms with Crippen molar-refractivity contribution in [2.24, 2.45) is 0 Å². The highest BCUT2D eigenvalue weighted by molar-refractivity contribution is 7.00. The Balaban J connectivity index is 1.35. The van der Waals surface area contributed by atoms with Gasteiger partial charge in [0.2, 0.25) is 0 Å². The summed E-state index contributed by atoms with van der Waals surface area (Å²) in [5, 5.41) is 0. The van der Waals surface area contributed by atoms with Gasteiger partial charge in [0.15, 0.2) is 0 Å². The summed E-state index contributed by atoms with van der Waals surface area (Å²) in [5.74, 6) is 0. The summed E-state index contributed by atoms with van der Waals surface area (Å²) in [6, 6.07) is 65.7. The van der Waals surface area contributed by atoms with Gasteiger partial charge in [-0.3, -0.25) is 0 Å². The Hall–Kier alpha value is -6.58. The minimum atomic E-state index is -0.273. The Morgan fingerprint density at radius 3 is 1.35 bits per heavy atom. The Labute approximate surface area is 394 Å². The molecule has 3 heteroatoms. The van der Waals surface area contributed by atoms with E-state index in [9.17, 15) is 0 Å². The molecule has 0 spiro atoms. The van der Waals surface area contributed by atoms with E-state index in [1.807, 2.05) is 0 Å². The molecule has 0 fully saturated rings. The molecule has 2 nitrogen and oxygen atoms in total. The van der Waals surface area contributed by atoms with Crippen LogP contribution in [0.2, 0.25) is 0 Å². The standard InChI is InChI=1S/C63H61BN2/c1-60(2,3)44-34-45(61(4,5)6)37-48(36-44)65-54-26-17-15-24-52(54)64-53-25-16-18-27-55(53)66-49-38-46(62(7,8)9)35-47(39-49)63(10,11)43-30-28-41(29-31-43)51-23-19-22-50(40-20-13-12-14-21-40)58(51)42-32-56(65)59(64)57(66)33-42/h12-39H,1-11H3. The summed E-state index contributed by atoms with van der Waals surface area (Å²) < 4.78 is 0. The molecule has 0 amide bonds. The zero-order valence-electron chi connectivity index (χ0n) is 40.6. The summed E-state index contributed by atoms with van der Waals surface area (Å²) in [4.78, 5) is 5.24. The highest BCUT2D eigenvalue weighted by atomic mass is 15.2. The van der Waals surface area contributed by atoms with Gasteiger partial charge in [0.25, 0.3) is 6.71 Å². The van der Waals surface area contributed by atoms with Crippen LogP contribution in [-0.2, 0) is 21.7 Å². The summed E-state index contributed by atoms with van der Waals surface area (Å²) in [6.45, 7) is 26.0. The van der Waals surface area contributed by atoms with Crippen molar-refractivity contribution in [2.45, 2.75) is 97.8 Å². The molecule has 0 aliphatic carbocycles. The van der Waals surface area contributed by atoms with E-state index in [1.54, 1.807) is 0 Å². The lowest BCUT2D eigenvalue weighted by Crippen LogP contribution is -2.61. The molecular formula is C63H61BN2. The van der Waals surface area contributed by atoms with Crippen molar-refractivity contribution in [3.8, 4) is 33.4 Å². The van der Waals surface area contributed by atoms with E-state index in [1.165, 1.54) is 112 Å². The number of benzene rings is 8. The molecule has 326 valence electrons. The van der Waals surface area contributed by atoms with Crippen LogP contribution in [0.5, 0.6) is 0 Å². The summed E-state index contributed by atoms with van der Waals surface area (Å²) >= 11 is 0. The van der Waals surface area contributed by atoms with Gasteiger partial charge in [0.1, 0.15) is 0 Å². The Bertz CT molecular complexity index is 3190. The molecule has 0 saturated heterocycles. The normalized spacial score (nSPS) is 14.6. The van der Waals surface area contributed by atoms with Crippen LogP contribution in [0.3, 0.4) is 0 Å². The number of para-hydroxylation sites is 2. The maximum Gasteiger partial charge on any atom is 0.252 e. The number of fused-ring (bicyclic) bond motifs is 6. The largest absolute Gasteiger partial charge is 0.311 e. The fraction of sp³-hybridized carbons (Fsp3) is 0.238. The van der Waals surface area contributed by atoms with Crippen molar-refractivity contribution in [2.75, 3.05) is 9.80 Å². The number of anilines is 6. The van der Waals surface area contributed by atoms with E-state index in [0.29, 0.717) is 0 Å². The van der Waals surface area contributed by atoms with E-state index >= 15 is 0 Å². The fourth-order valence-corrected chi connectivity index (χ4v) is 10.9. The van der Waals surface area contributed by atoms with Gasteiger partial charge in [0.05, 0.1) is 0 Å². The van der Waals surface area contributed by atoms with Crippen molar-refractivity contribution in [1.82, 2.24) is 0 Å². The lowest BCUT2D eigenvalue weighted by molar-refractivity contribution is 0.569. The maximum atomic E-state index is 2.62. The molecule has 0 unspecified atom stereocenters. The summed E-state index contributed by atoms with van der Waals surface area (Å²) in [6.07, 6.45) is 0. The molecule has 4 aliphatic heterocycles. The molecule has 8 aromatic carbocycles. The van der Waals surface area contributed by atoms with E-state index in [-0.39, 0.29) is 28.4 Å². The number of nitrogens with zero attached hydrogens (tertiary/aromatic N) is 2. The van der Waals surface area contributed by atoms with Crippen LogP contribution in [0.1, 0.15) is 104 Å². The zero-order valence-corrected chi connectivity index (χ0v) is 40.6. The molecule has 4 aliphatic rings. The molecule has 0 saturated carbocycles. The van der Waals surface area contributed by atoms with Gasteiger partial charge in [-0.25, -0.2) is 0 Å². The first kappa shape index (κ1) is 42.1. The van der Waals surface area contributed by atoms with Gasteiger partial charge in [-0.1, -0.05) is 197 Å². The van der Waals surface area contributed by atoms with Crippen LogP contribution >= 0.6 is 0 Å². The van der Waals surface area contributed by atoms with Gasteiger partial charge in [-0.15, -0.1) is 0 Å². The van der Waals surface area contributed by atoms with Gasteiger partial charge < -0.3 is 9.80 Å². The number of rotatable bonds is 2. The third-order valence-electron chi connectivity index (χ3n) is 14.9. The molecular weight excluding hydrogens is 796 g/mol. The van der Waals surface area contributed by atoms with Crippen LogP contribution in [-0.4, -0.2) is 6.71 Å². The first-order chi connectivity index (χ1) is 31.4. The quantitative estimate of drug-likeness (QED) is 0.160. The van der Waals surface area contributed by atoms with E-state index in [0.717, 1.165) is 0 Å². The van der Waals surface area contributed by atoms with Crippen LogP contribution < -0.4 is 26.2 Å². The second-order valence-corrected chi connectivity index (χ2v) is 22.7. The van der Waals surface area contributed by atoms with Crippen LogP contribution in [0.4, 0.5) is 34.1 Å². The molecule has 4 heterocycles. The Kier molecular flexibility index (Phi) is 9.38. The molecule has 0 atom stereocenters. The smallest absolute Gasteiger partial charge is 0.252 e. The predicted molar refractivity (Wildman–Crippen MR) is 285 cm³/mol. The number of hydrogen-bond acceptors (Lipinski definition) is 2. The van der Waals surface area contributed by atoms with Gasteiger partial charge in [-0.05, 0) is 142 Å². The van der Waals surface area contributed by atoms with Gasteiger partial charge in [0, 0.05) is 39.5 Å². The predicted octanol–water partition coefficient (Wildman–Crippen LogP) is 15.3. The third kappa shape index (κ3) is 6.68. The highest BCUT2D eigenvalue weighted by Crippen LogP contribution is 2.51. The molecule has 0 N–H and O–H groups in total. The minimum absolute atomic E-state index is 0.0214. The molecule has 66 heavy (non-hydrogen) atoms. The Morgan fingerprint density at radius 2 is 0.833 bits per heavy atom. The van der Waals surface area contributed by atoms with Crippen molar-refractivity contribution < 1.29 is 0 Å². The topological polar surface area (TPSA) is 6.48 Å². The maximum absolute atomic E-state index is 2.62. The first-order valence-electron chi connectivity index (χ1n) is 24.0. The van der Waals surface area contributed by atoms with Gasteiger partial charge >= 0.3 is 0 Å². The lowest BCUT2D eigenvalue weighted by Gasteiger charge is -2.45. The average molecular weight is 857 g/mol. The lowest BCUT2D eigenvalue weighted by atomic mass is 9.33.